The van der Waals surface area contributed by atoms with Crippen LogP contribution < -0.4 is 0 Å². The van der Waals surface area contributed by atoms with Gasteiger partial charge in [0.15, 0.2) is 0 Å². The van der Waals surface area contributed by atoms with E-state index in [4.69, 9.17) is 9.26 Å². The van der Waals surface area contributed by atoms with Crippen LogP contribution in [-0.2, 0) is 4.74 Å². The minimum absolute atomic E-state index is 0.0489. The molecule has 0 bridgehead atoms. The molecular formula is C21H29N3O3. The number of morpholine rings is 1. The lowest BCUT2D eigenvalue weighted by molar-refractivity contribution is -0.0259. The number of fused-ring (bicyclic) bond motifs is 1. The molecule has 1 saturated heterocycles. The largest absolute Gasteiger partial charge is 0.375 e. The summed E-state index contributed by atoms with van der Waals surface area (Å²) in [6, 6.07) is 1.97. The normalized spacial score (nSPS) is 20.6. The van der Waals surface area contributed by atoms with Crippen LogP contribution in [0.1, 0.15) is 73.6 Å². The number of aromatic nitrogens is 2. The number of hydrogen-bond acceptors (Lipinski definition) is 5. The fourth-order valence-electron chi connectivity index (χ4n) is 3.87. The first-order valence-electron chi connectivity index (χ1n) is 10.2. The minimum Gasteiger partial charge on any atom is -0.375 e. The van der Waals surface area contributed by atoms with E-state index in [1.54, 1.807) is 0 Å². The maximum atomic E-state index is 13.4. The third-order valence-electron chi connectivity index (χ3n) is 5.60. The Morgan fingerprint density at radius 1 is 1.37 bits per heavy atom. The van der Waals surface area contributed by atoms with Crippen LogP contribution in [0.3, 0.4) is 0 Å². The van der Waals surface area contributed by atoms with Crippen molar-refractivity contribution in [3.05, 3.63) is 23.0 Å². The molecule has 1 amide bonds. The van der Waals surface area contributed by atoms with Crippen LogP contribution in [0.4, 0.5) is 0 Å². The van der Waals surface area contributed by atoms with E-state index in [2.05, 4.69) is 24.0 Å². The maximum absolute atomic E-state index is 13.4. The lowest BCUT2D eigenvalue weighted by Crippen LogP contribution is -2.45. The maximum Gasteiger partial charge on any atom is 0.259 e. The highest BCUT2D eigenvalue weighted by atomic mass is 16.5. The van der Waals surface area contributed by atoms with E-state index in [0.717, 1.165) is 42.5 Å². The van der Waals surface area contributed by atoms with Crippen LogP contribution >= 0.6 is 0 Å². The Kier molecular flexibility index (Phi) is 5.17. The van der Waals surface area contributed by atoms with Gasteiger partial charge in [-0.1, -0.05) is 31.8 Å². The van der Waals surface area contributed by atoms with Crippen molar-refractivity contribution in [2.45, 2.75) is 64.9 Å². The number of ether oxygens (including phenoxy) is 1. The average Bonchev–Trinajstić information content (AvgIpc) is 3.44. The molecular weight excluding hydrogens is 342 g/mol. The SMILES string of the molecule is Cc1noc2nc(C3CC3)cc(C(=O)N3CCO[C@H](CCCC(C)C)C3)c12. The summed E-state index contributed by atoms with van der Waals surface area (Å²) < 4.78 is 11.3. The van der Waals surface area contributed by atoms with Crippen LogP contribution in [-0.4, -0.2) is 46.7 Å². The van der Waals surface area contributed by atoms with Gasteiger partial charge >= 0.3 is 0 Å². The van der Waals surface area contributed by atoms with E-state index in [0.29, 0.717) is 42.8 Å². The zero-order valence-electron chi connectivity index (χ0n) is 16.5. The first-order chi connectivity index (χ1) is 13.0. The van der Waals surface area contributed by atoms with Gasteiger partial charge in [0.1, 0.15) is 0 Å². The Bertz CT molecular complexity index is 825. The topological polar surface area (TPSA) is 68.5 Å². The molecule has 2 aromatic heterocycles. The number of carbonyl (C=O) groups is 1. The number of carbonyl (C=O) groups excluding carboxylic acids is 1. The predicted octanol–water partition coefficient (Wildman–Crippen LogP) is 4.08. The molecule has 1 aliphatic heterocycles. The Balaban J connectivity index is 1.54. The van der Waals surface area contributed by atoms with Gasteiger partial charge in [0.05, 0.1) is 29.4 Å². The quantitative estimate of drug-likeness (QED) is 0.765. The molecule has 1 saturated carbocycles. The van der Waals surface area contributed by atoms with Crippen LogP contribution in [0.5, 0.6) is 0 Å². The molecule has 0 spiro atoms. The predicted molar refractivity (Wildman–Crippen MR) is 103 cm³/mol. The van der Waals surface area contributed by atoms with Crippen molar-refractivity contribution in [1.82, 2.24) is 15.0 Å². The van der Waals surface area contributed by atoms with Crippen LogP contribution in [0.15, 0.2) is 10.6 Å². The summed E-state index contributed by atoms with van der Waals surface area (Å²) >= 11 is 0. The van der Waals surface area contributed by atoms with Gasteiger partial charge in [-0.15, -0.1) is 0 Å². The second kappa shape index (κ2) is 7.58. The fraction of sp³-hybridized carbons (Fsp3) is 0.667. The van der Waals surface area contributed by atoms with E-state index in [-0.39, 0.29) is 12.0 Å². The van der Waals surface area contributed by atoms with E-state index in [9.17, 15) is 4.79 Å². The van der Waals surface area contributed by atoms with Gasteiger partial charge in [0.25, 0.3) is 11.6 Å². The summed E-state index contributed by atoms with van der Waals surface area (Å²) in [5.74, 6) is 1.21. The van der Waals surface area contributed by atoms with E-state index >= 15 is 0 Å². The van der Waals surface area contributed by atoms with Crippen LogP contribution in [0, 0.1) is 12.8 Å². The monoisotopic (exact) mass is 371 g/mol. The zero-order valence-corrected chi connectivity index (χ0v) is 16.5. The van der Waals surface area contributed by atoms with Gasteiger partial charge in [0.2, 0.25) is 0 Å². The summed E-state index contributed by atoms with van der Waals surface area (Å²) in [4.78, 5) is 19.9. The molecule has 3 heterocycles. The van der Waals surface area contributed by atoms with Crippen molar-refractivity contribution in [3.8, 4) is 0 Å². The summed E-state index contributed by atoms with van der Waals surface area (Å²) in [6.45, 7) is 8.24. The molecule has 6 heteroatoms. The van der Waals surface area contributed by atoms with Crippen LogP contribution in [0.2, 0.25) is 0 Å². The third kappa shape index (κ3) is 4.00. The highest BCUT2D eigenvalue weighted by molar-refractivity contribution is 6.06. The molecule has 1 atom stereocenters. The molecule has 0 N–H and O–H groups in total. The molecule has 2 aliphatic rings. The second-order valence-electron chi connectivity index (χ2n) is 8.39. The van der Waals surface area contributed by atoms with Gasteiger partial charge in [-0.2, -0.15) is 0 Å². The second-order valence-corrected chi connectivity index (χ2v) is 8.39. The molecule has 2 fully saturated rings. The van der Waals surface area contributed by atoms with Crippen molar-refractivity contribution in [2.24, 2.45) is 5.92 Å². The first-order valence-corrected chi connectivity index (χ1v) is 10.2. The zero-order chi connectivity index (χ0) is 19.0. The lowest BCUT2D eigenvalue weighted by Gasteiger charge is -2.33. The van der Waals surface area contributed by atoms with Crippen molar-refractivity contribution >= 4 is 17.0 Å². The fourth-order valence-corrected chi connectivity index (χ4v) is 3.87. The summed E-state index contributed by atoms with van der Waals surface area (Å²) in [6.07, 6.45) is 5.74. The number of rotatable bonds is 6. The molecule has 0 radical (unpaired) electrons. The van der Waals surface area contributed by atoms with Gasteiger partial charge in [-0.25, -0.2) is 4.98 Å². The molecule has 146 valence electrons. The highest BCUT2D eigenvalue weighted by Crippen LogP contribution is 2.40. The molecule has 0 aromatic carbocycles. The standard InChI is InChI=1S/C21H29N3O3/c1-13(2)5-4-6-16-12-24(9-10-26-16)21(25)17-11-18(15-7-8-15)22-20-19(17)14(3)23-27-20/h11,13,15-16H,4-10,12H2,1-3H3/t16-/m1/s1. The Hall–Kier alpha value is -1.95. The van der Waals surface area contributed by atoms with Gasteiger partial charge in [0, 0.05) is 24.7 Å². The lowest BCUT2D eigenvalue weighted by atomic mass is 10.0. The van der Waals surface area contributed by atoms with Crippen molar-refractivity contribution < 1.29 is 14.1 Å². The Morgan fingerprint density at radius 2 is 2.19 bits per heavy atom. The number of pyridine rings is 1. The molecule has 4 rings (SSSR count). The first kappa shape index (κ1) is 18.4. The number of hydrogen-bond donors (Lipinski definition) is 0. The Labute approximate surface area is 160 Å². The number of amides is 1. The third-order valence-corrected chi connectivity index (χ3v) is 5.60. The van der Waals surface area contributed by atoms with Crippen molar-refractivity contribution in [2.75, 3.05) is 19.7 Å². The van der Waals surface area contributed by atoms with Crippen molar-refractivity contribution in [1.29, 1.82) is 0 Å². The highest BCUT2D eigenvalue weighted by Gasteiger charge is 2.31. The summed E-state index contributed by atoms with van der Waals surface area (Å²) in [5, 5.41) is 4.80. The van der Waals surface area contributed by atoms with Crippen LogP contribution in [0.25, 0.3) is 11.1 Å². The van der Waals surface area contributed by atoms with Crippen molar-refractivity contribution in [3.63, 3.8) is 0 Å². The number of aryl methyl sites for hydroxylation is 1. The van der Waals surface area contributed by atoms with E-state index in [1.807, 2.05) is 17.9 Å². The molecule has 6 nitrogen and oxygen atoms in total. The minimum atomic E-state index is 0.0489. The van der Waals surface area contributed by atoms with Gasteiger partial charge in [-0.3, -0.25) is 4.79 Å². The smallest absolute Gasteiger partial charge is 0.259 e. The Morgan fingerprint density at radius 3 is 2.93 bits per heavy atom. The summed E-state index contributed by atoms with van der Waals surface area (Å²) in [7, 11) is 0. The molecule has 27 heavy (non-hydrogen) atoms. The number of nitrogens with zero attached hydrogens (tertiary/aromatic N) is 3. The van der Waals surface area contributed by atoms with Gasteiger partial charge < -0.3 is 14.2 Å². The van der Waals surface area contributed by atoms with E-state index < -0.39 is 0 Å². The molecule has 2 aromatic rings. The average molecular weight is 371 g/mol. The van der Waals surface area contributed by atoms with Gasteiger partial charge in [-0.05, 0) is 38.2 Å². The summed E-state index contributed by atoms with van der Waals surface area (Å²) in [5.41, 5.74) is 2.86. The van der Waals surface area contributed by atoms with E-state index in [1.165, 1.54) is 6.42 Å². The molecule has 0 unspecified atom stereocenters. The molecule has 1 aliphatic carbocycles.